The van der Waals surface area contributed by atoms with Crippen molar-refractivity contribution in [2.75, 3.05) is 54.6 Å². The predicted molar refractivity (Wildman–Crippen MR) is 125 cm³/mol. The van der Waals surface area contributed by atoms with Gasteiger partial charge in [-0.3, -0.25) is 9.80 Å². The Morgan fingerprint density at radius 2 is 1.03 bits per heavy atom. The van der Waals surface area contributed by atoms with Crippen molar-refractivity contribution in [2.45, 2.75) is 13.1 Å². The van der Waals surface area contributed by atoms with E-state index in [1.165, 1.54) is 0 Å². The summed E-state index contributed by atoms with van der Waals surface area (Å²) in [5.74, 6) is -0.431. The second-order valence-corrected chi connectivity index (χ2v) is 7.47. The number of para-hydroxylation sites is 2. The molecule has 2 aromatic rings. The average molecular weight is 477 g/mol. The van der Waals surface area contributed by atoms with Gasteiger partial charge in [-0.1, -0.05) is 24.3 Å². The third-order valence-electron chi connectivity index (χ3n) is 5.40. The lowest BCUT2D eigenvalue weighted by Crippen LogP contribution is -2.45. The summed E-state index contributed by atoms with van der Waals surface area (Å²) in [6.07, 6.45) is 0. The molecule has 1 aliphatic rings. The first-order valence-corrected chi connectivity index (χ1v) is 10.6. The fourth-order valence-electron chi connectivity index (χ4n) is 3.74. The first-order chi connectivity index (χ1) is 16.3. The minimum atomic E-state index is -1.82. The highest BCUT2D eigenvalue weighted by Gasteiger charge is 2.21. The van der Waals surface area contributed by atoms with E-state index < -0.39 is 11.9 Å². The van der Waals surface area contributed by atoms with Gasteiger partial charge < -0.3 is 29.2 Å². The van der Waals surface area contributed by atoms with Crippen LogP contribution in [0.2, 0.25) is 0 Å². The van der Waals surface area contributed by atoms with E-state index in [0.29, 0.717) is 0 Å². The van der Waals surface area contributed by atoms with Gasteiger partial charge in [0.2, 0.25) is 0 Å². The van der Waals surface area contributed by atoms with E-state index in [9.17, 15) is 0 Å². The maximum Gasteiger partial charge on any atom is 0.414 e. The van der Waals surface area contributed by atoms with Gasteiger partial charge in [0.25, 0.3) is 0 Å². The zero-order valence-corrected chi connectivity index (χ0v) is 19.9. The summed E-state index contributed by atoms with van der Waals surface area (Å²) < 4.78 is 22.0. The van der Waals surface area contributed by atoms with Crippen LogP contribution in [0.25, 0.3) is 0 Å². The molecule has 0 amide bonds. The van der Waals surface area contributed by atoms with E-state index in [4.69, 9.17) is 38.7 Å². The molecule has 0 unspecified atom stereocenters. The Morgan fingerprint density at radius 3 is 1.29 bits per heavy atom. The van der Waals surface area contributed by atoms with Crippen molar-refractivity contribution < 1.29 is 38.7 Å². The molecule has 0 saturated carbocycles. The van der Waals surface area contributed by atoms with Crippen LogP contribution in [0, 0.1) is 0 Å². The normalized spacial score (nSPS) is 13.9. The Morgan fingerprint density at radius 1 is 0.676 bits per heavy atom. The lowest BCUT2D eigenvalue weighted by atomic mass is 10.1. The highest BCUT2D eigenvalue weighted by atomic mass is 16.5. The average Bonchev–Trinajstić information content (AvgIpc) is 2.85. The second-order valence-electron chi connectivity index (χ2n) is 7.47. The summed E-state index contributed by atoms with van der Waals surface area (Å²) in [6.45, 7) is 5.74. The molecular formula is C24H32N2O8. The minimum Gasteiger partial charge on any atom is -0.493 e. The van der Waals surface area contributed by atoms with Crippen LogP contribution in [0.4, 0.5) is 0 Å². The number of benzene rings is 2. The summed E-state index contributed by atoms with van der Waals surface area (Å²) in [5.41, 5.74) is 2.31. The van der Waals surface area contributed by atoms with E-state index >= 15 is 0 Å². The zero-order chi connectivity index (χ0) is 25.1. The largest absolute Gasteiger partial charge is 0.493 e. The Hall–Kier alpha value is -3.50. The first-order valence-electron chi connectivity index (χ1n) is 10.6. The number of hydrogen-bond acceptors (Lipinski definition) is 8. The second kappa shape index (κ2) is 13.3. The monoisotopic (exact) mass is 476 g/mol. The van der Waals surface area contributed by atoms with Gasteiger partial charge in [-0.15, -0.1) is 0 Å². The molecule has 0 atom stereocenters. The van der Waals surface area contributed by atoms with Gasteiger partial charge in [0, 0.05) is 50.4 Å². The van der Waals surface area contributed by atoms with Crippen molar-refractivity contribution in [3.63, 3.8) is 0 Å². The van der Waals surface area contributed by atoms with E-state index in [1.54, 1.807) is 28.4 Å². The highest BCUT2D eigenvalue weighted by molar-refractivity contribution is 6.27. The number of ether oxygens (including phenoxy) is 4. The Kier molecular flexibility index (Phi) is 10.4. The van der Waals surface area contributed by atoms with E-state index in [-0.39, 0.29) is 0 Å². The van der Waals surface area contributed by atoms with Crippen LogP contribution in [0.1, 0.15) is 11.1 Å². The molecule has 0 aliphatic carbocycles. The Balaban J connectivity index is 0.000000604. The van der Waals surface area contributed by atoms with Crippen LogP contribution in [-0.2, 0) is 22.7 Å². The molecule has 10 heteroatoms. The SMILES string of the molecule is COc1cccc(CN2CCN(Cc3cccc(OC)c3OC)CC2)c1OC.O=C(O)C(=O)O. The van der Waals surface area contributed by atoms with Crippen molar-refractivity contribution >= 4 is 11.9 Å². The molecule has 1 aliphatic heterocycles. The molecule has 0 radical (unpaired) electrons. The number of carboxylic acids is 2. The van der Waals surface area contributed by atoms with Crippen molar-refractivity contribution in [2.24, 2.45) is 0 Å². The lowest BCUT2D eigenvalue weighted by Gasteiger charge is -2.35. The van der Waals surface area contributed by atoms with Gasteiger partial charge in [-0.2, -0.15) is 0 Å². The number of nitrogens with zero attached hydrogens (tertiary/aromatic N) is 2. The number of piperazine rings is 1. The summed E-state index contributed by atoms with van der Waals surface area (Å²) in [4.78, 5) is 23.1. The van der Waals surface area contributed by atoms with Crippen molar-refractivity contribution in [1.82, 2.24) is 9.80 Å². The molecule has 2 N–H and O–H groups in total. The van der Waals surface area contributed by atoms with E-state index in [1.807, 2.05) is 24.3 Å². The smallest absolute Gasteiger partial charge is 0.414 e. The van der Waals surface area contributed by atoms with Gasteiger partial charge >= 0.3 is 11.9 Å². The lowest BCUT2D eigenvalue weighted by molar-refractivity contribution is -0.159. The van der Waals surface area contributed by atoms with Crippen LogP contribution < -0.4 is 18.9 Å². The topological polar surface area (TPSA) is 118 Å². The molecular weight excluding hydrogens is 444 g/mol. The molecule has 1 heterocycles. The van der Waals surface area contributed by atoms with Crippen LogP contribution in [-0.4, -0.2) is 86.6 Å². The summed E-state index contributed by atoms with van der Waals surface area (Å²) >= 11 is 0. The molecule has 34 heavy (non-hydrogen) atoms. The third-order valence-corrected chi connectivity index (χ3v) is 5.40. The number of carboxylic acid groups (broad SMARTS) is 2. The van der Waals surface area contributed by atoms with Crippen LogP contribution in [0.3, 0.4) is 0 Å². The number of carbonyl (C=O) groups is 2. The molecule has 10 nitrogen and oxygen atoms in total. The maximum absolute atomic E-state index is 9.10. The van der Waals surface area contributed by atoms with Gasteiger partial charge in [0.15, 0.2) is 23.0 Å². The molecule has 0 spiro atoms. The van der Waals surface area contributed by atoms with Crippen molar-refractivity contribution in [3.05, 3.63) is 47.5 Å². The summed E-state index contributed by atoms with van der Waals surface area (Å²) in [7, 11) is 6.74. The summed E-state index contributed by atoms with van der Waals surface area (Å²) in [6, 6.07) is 12.1. The van der Waals surface area contributed by atoms with Gasteiger partial charge in [0.1, 0.15) is 0 Å². The molecule has 2 aromatic carbocycles. The minimum absolute atomic E-state index is 0.781. The molecule has 3 rings (SSSR count). The number of hydrogen-bond donors (Lipinski definition) is 2. The van der Waals surface area contributed by atoms with Crippen LogP contribution >= 0.6 is 0 Å². The number of methoxy groups -OCH3 is 4. The zero-order valence-electron chi connectivity index (χ0n) is 19.9. The summed E-state index contributed by atoms with van der Waals surface area (Å²) in [5, 5.41) is 14.8. The Labute approximate surface area is 199 Å². The quantitative estimate of drug-likeness (QED) is 0.549. The molecule has 186 valence electrons. The number of rotatable bonds is 8. The highest BCUT2D eigenvalue weighted by Crippen LogP contribution is 2.33. The molecule has 0 bridgehead atoms. The molecule has 1 saturated heterocycles. The molecule has 0 aromatic heterocycles. The van der Waals surface area contributed by atoms with Crippen LogP contribution in [0.5, 0.6) is 23.0 Å². The van der Waals surface area contributed by atoms with Crippen molar-refractivity contribution in [3.8, 4) is 23.0 Å². The fourth-order valence-corrected chi connectivity index (χ4v) is 3.74. The first kappa shape index (κ1) is 26.7. The number of aliphatic carboxylic acids is 2. The maximum atomic E-state index is 9.10. The fraction of sp³-hybridized carbons (Fsp3) is 0.417. The van der Waals surface area contributed by atoms with Gasteiger partial charge in [-0.25, -0.2) is 9.59 Å². The van der Waals surface area contributed by atoms with Crippen molar-refractivity contribution in [1.29, 1.82) is 0 Å². The standard InChI is InChI=1S/C22H30N2O4.C2H2O4/c1-25-19-9-5-7-17(21(19)27-3)15-23-11-13-24(14-12-23)16-18-8-6-10-20(26-2)22(18)28-4;3-1(4)2(5)6/h5-10H,11-16H2,1-4H3;(H,3,4)(H,5,6). The predicted octanol–water partition coefficient (Wildman–Crippen LogP) is 2.19. The van der Waals surface area contributed by atoms with E-state index in [2.05, 4.69) is 21.9 Å². The Bertz CT molecular complexity index is 880. The van der Waals surface area contributed by atoms with Gasteiger partial charge in [-0.05, 0) is 12.1 Å². The third kappa shape index (κ3) is 7.26. The van der Waals surface area contributed by atoms with Gasteiger partial charge in [0.05, 0.1) is 28.4 Å². The van der Waals surface area contributed by atoms with E-state index in [0.717, 1.165) is 73.4 Å². The van der Waals surface area contributed by atoms with Crippen LogP contribution in [0.15, 0.2) is 36.4 Å². The molecule has 1 fully saturated rings.